The average molecular weight is 416 g/mol. The van der Waals surface area contributed by atoms with Crippen LogP contribution in [-0.2, 0) is 18.9 Å². The van der Waals surface area contributed by atoms with E-state index in [0.717, 1.165) is 38.0 Å². The van der Waals surface area contributed by atoms with E-state index in [1.807, 2.05) is 0 Å². The number of hydrogen-bond donors (Lipinski definition) is 0. The number of piperidine rings is 1. The van der Waals surface area contributed by atoms with Crippen molar-refractivity contribution in [2.75, 3.05) is 72.5 Å². The largest absolute Gasteiger partial charge is 0.379 e. The van der Waals surface area contributed by atoms with Crippen LogP contribution in [0.4, 0.5) is 0 Å². The molecule has 174 valence electrons. The van der Waals surface area contributed by atoms with Crippen LogP contribution in [0, 0.1) is 17.3 Å². The Morgan fingerprint density at radius 3 is 1.72 bits per heavy atom. The van der Waals surface area contributed by atoms with Crippen molar-refractivity contribution >= 4 is 0 Å². The standard InChI is InChI=1S/C24H49NO4/c1-22(2)7-6-13-26-15-17-28-19-20-29-18-16-27-14-12-25-10-8-23(9-11-25)21-24(3,4)5/h22-23H,6-21H2,1-5H3. The highest BCUT2D eigenvalue weighted by Crippen LogP contribution is 2.30. The van der Waals surface area contributed by atoms with Gasteiger partial charge in [-0.1, -0.05) is 34.6 Å². The highest BCUT2D eigenvalue weighted by atomic mass is 16.6. The van der Waals surface area contributed by atoms with Crippen molar-refractivity contribution in [1.29, 1.82) is 0 Å². The fourth-order valence-corrected chi connectivity index (χ4v) is 3.83. The molecule has 1 fully saturated rings. The smallest absolute Gasteiger partial charge is 0.0701 e. The maximum Gasteiger partial charge on any atom is 0.0701 e. The van der Waals surface area contributed by atoms with E-state index in [0.29, 0.717) is 45.1 Å². The summed E-state index contributed by atoms with van der Waals surface area (Å²) in [6, 6.07) is 0. The second kappa shape index (κ2) is 16.5. The van der Waals surface area contributed by atoms with Gasteiger partial charge in [0, 0.05) is 13.2 Å². The van der Waals surface area contributed by atoms with Crippen molar-refractivity contribution in [1.82, 2.24) is 4.90 Å². The van der Waals surface area contributed by atoms with Crippen molar-refractivity contribution in [3.63, 3.8) is 0 Å². The molecule has 0 aromatic carbocycles. The van der Waals surface area contributed by atoms with E-state index < -0.39 is 0 Å². The molecule has 1 saturated heterocycles. The van der Waals surface area contributed by atoms with Crippen LogP contribution in [0.2, 0.25) is 0 Å². The SMILES string of the molecule is CC(C)CCCOCCOCCOCCOCCN1CCC(CC(C)(C)C)CC1. The number of rotatable bonds is 17. The van der Waals surface area contributed by atoms with Gasteiger partial charge in [-0.25, -0.2) is 0 Å². The maximum absolute atomic E-state index is 5.72. The Morgan fingerprint density at radius 2 is 1.24 bits per heavy atom. The minimum atomic E-state index is 0.460. The molecule has 0 saturated carbocycles. The number of hydrogen-bond acceptors (Lipinski definition) is 5. The predicted molar refractivity (Wildman–Crippen MR) is 121 cm³/mol. The van der Waals surface area contributed by atoms with Gasteiger partial charge in [0.2, 0.25) is 0 Å². The van der Waals surface area contributed by atoms with Gasteiger partial charge in [0.05, 0.1) is 46.2 Å². The summed E-state index contributed by atoms with van der Waals surface area (Å²) in [5.74, 6) is 1.66. The Kier molecular flexibility index (Phi) is 15.3. The quantitative estimate of drug-likeness (QED) is 0.324. The van der Waals surface area contributed by atoms with Gasteiger partial charge in [0.1, 0.15) is 0 Å². The molecule has 5 heteroatoms. The van der Waals surface area contributed by atoms with Crippen LogP contribution in [0.1, 0.15) is 66.7 Å². The molecule has 0 N–H and O–H groups in total. The first kappa shape index (κ1) is 26.8. The summed E-state index contributed by atoms with van der Waals surface area (Å²) in [6.45, 7) is 20.5. The highest BCUT2D eigenvalue weighted by Gasteiger charge is 2.23. The van der Waals surface area contributed by atoms with Gasteiger partial charge in [-0.05, 0) is 62.4 Å². The molecule has 0 atom stereocenters. The first-order chi connectivity index (χ1) is 13.9. The van der Waals surface area contributed by atoms with Crippen molar-refractivity contribution in [2.24, 2.45) is 17.3 Å². The van der Waals surface area contributed by atoms with Gasteiger partial charge in [-0.3, -0.25) is 0 Å². The topological polar surface area (TPSA) is 40.2 Å². The van der Waals surface area contributed by atoms with Gasteiger partial charge >= 0.3 is 0 Å². The molecule has 0 spiro atoms. The molecule has 1 aliphatic heterocycles. The first-order valence-electron chi connectivity index (χ1n) is 11.9. The summed E-state index contributed by atoms with van der Waals surface area (Å²) < 4.78 is 22.3. The zero-order valence-corrected chi connectivity index (χ0v) is 20.0. The van der Waals surface area contributed by atoms with Gasteiger partial charge in [-0.2, -0.15) is 0 Å². The zero-order valence-electron chi connectivity index (χ0n) is 20.0. The monoisotopic (exact) mass is 415 g/mol. The van der Waals surface area contributed by atoms with Crippen LogP contribution in [-0.4, -0.2) is 77.4 Å². The number of nitrogens with zero attached hydrogens (tertiary/aromatic N) is 1. The van der Waals surface area contributed by atoms with Crippen LogP contribution in [0.25, 0.3) is 0 Å². The van der Waals surface area contributed by atoms with Crippen LogP contribution < -0.4 is 0 Å². The van der Waals surface area contributed by atoms with E-state index in [2.05, 4.69) is 39.5 Å². The minimum absolute atomic E-state index is 0.460. The number of likely N-dealkylation sites (tertiary alicyclic amines) is 1. The third kappa shape index (κ3) is 17.2. The average Bonchev–Trinajstić information content (AvgIpc) is 2.64. The lowest BCUT2D eigenvalue weighted by atomic mass is 9.80. The van der Waals surface area contributed by atoms with Crippen LogP contribution in [0.3, 0.4) is 0 Å². The lowest BCUT2D eigenvalue weighted by molar-refractivity contribution is -0.00525. The summed E-state index contributed by atoms with van der Waals surface area (Å²) in [5.41, 5.74) is 0.460. The summed E-state index contributed by atoms with van der Waals surface area (Å²) in [7, 11) is 0. The summed E-state index contributed by atoms with van der Waals surface area (Å²) in [4.78, 5) is 2.54. The zero-order chi connectivity index (χ0) is 21.4. The molecule has 1 aliphatic rings. The Balaban J connectivity index is 1.78. The minimum Gasteiger partial charge on any atom is -0.379 e. The molecule has 0 unspecified atom stereocenters. The summed E-state index contributed by atoms with van der Waals surface area (Å²) >= 11 is 0. The summed E-state index contributed by atoms with van der Waals surface area (Å²) in [5, 5.41) is 0. The maximum atomic E-state index is 5.72. The molecule has 0 aromatic heterocycles. The molecule has 0 bridgehead atoms. The van der Waals surface area contributed by atoms with Crippen molar-refractivity contribution in [3.8, 4) is 0 Å². The third-order valence-corrected chi connectivity index (χ3v) is 5.35. The molecular formula is C24H49NO4. The van der Waals surface area contributed by atoms with Crippen LogP contribution in [0.15, 0.2) is 0 Å². The molecule has 0 radical (unpaired) electrons. The third-order valence-electron chi connectivity index (χ3n) is 5.35. The fourth-order valence-electron chi connectivity index (χ4n) is 3.83. The van der Waals surface area contributed by atoms with E-state index in [9.17, 15) is 0 Å². The fraction of sp³-hybridized carbons (Fsp3) is 1.00. The lowest BCUT2D eigenvalue weighted by Crippen LogP contribution is -2.37. The van der Waals surface area contributed by atoms with E-state index in [1.54, 1.807) is 0 Å². The lowest BCUT2D eigenvalue weighted by Gasteiger charge is -2.34. The number of ether oxygens (including phenoxy) is 4. The molecular weight excluding hydrogens is 366 g/mol. The Morgan fingerprint density at radius 1 is 0.759 bits per heavy atom. The van der Waals surface area contributed by atoms with E-state index in [-0.39, 0.29) is 0 Å². The molecule has 0 amide bonds. The molecule has 0 aliphatic carbocycles. The van der Waals surface area contributed by atoms with E-state index >= 15 is 0 Å². The van der Waals surface area contributed by atoms with E-state index in [1.165, 1.54) is 38.8 Å². The Labute approximate surface area is 180 Å². The van der Waals surface area contributed by atoms with Crippen molar-refractivity contribution in [2.45, 2.75) is 66.7 Å². The second-order valence-electron chi connectivity index (χ2n) is 10.0. The summed E-state index contributed by atoms with van der Waals surface area (Å²) in [6.07, 6.45) is 6.39. The molecule has 1 heterocycles. The molecule has 1 rings (SSSR count). The van der Waals surface area contributed by atoms with Gasteiger partial charge in [0.25, 0.3) is 0 Å². The van der Waals surface area contributed by atoms with Crippen molar-refractivity contribution < 1.29 is 18.9 Å². The molecule has 5 nitrogen and oxygen atoms in total. The Bertz CT molecular complexity index is 362. The van der Waals surface area contributed by atoms with Crippen LogP contribution in [0.5, 0.6) is 0 Å². The predicted octanol–water partition coefficient (Wildman–Crippen LogP) is 4.64. The van der Waals surface area contributed by atoms with E-state index in [4.69, 9.17) is 18.9 Å². The molecule has 29 heavy (non-hydrogen) atoms. The van der Waals surface area contributed by atoms with Crippen LogP contribution >= 0.6 is 0 Å². The Hall–Kier alpha value is -0.200. The van der Waals surface area contributed by atoms with Crippen molar-refractivity contribution in [3.05, 3.63) is 0 Å². The second-order valence-corrected chi connectivity index (χ2v) is 10.0. The van der Waals surface area contributed by atoms with Gasteiger partial charge in [0.15, 0.2) is 0 Å². The van der Waals surface area contributed by atoms with Gasteiger partial charge in [-0.15, -0.1) is 0 Å². The highest BCUT2D eigenvalue weighted by molar-refractivity contribution is 4.76. The first-order valence-corrected chi connectivity index (χ1v) is 11.9. The van der Waals surface area contributed by atoms with Gasteiger partial charge < -0.3 is 23.8 Å². The molecule has 0 aromatic rings. The normalized spacial score (nSPS) is 16.8.